The van der Waals surface area contributed by atoms with Crippen LogP contribution >= 0.6 is 0 Å². The van der Waals surface area contributed by atoms with Gasteiger partial charge in [0.05, 0.1) is 12.2 Å². The van der Waals surface area contributed by atoms with E-state index in [1.165, 1.54) is 0 Å². The highest BCUT2D eigenvalue weighted by Gasteiger charge is 2.33. The lowest BCUT2D eigenvalue weighted by molar-refractivity contribution is -0.153. The molecular formula is C15H28N2O4. The Balaban J connectivity index is 2.59. The van der Waals surface area contributed by atoms with Crippen molar-refractivity contribution in [3.05, 3.63) is 0 Å². The number of carbonyl (C=O) groups excluding carboxylic acids is 2. The third-order valence-corrected chi connectivity index (χ3v) is 3.32. The Hall–Kier alpha value is -1.14. The smallest absolute Gasteiger partial charge is 0.328 e. The molecule has 3 N–H and O–H groups in total. The predicted molar refractivity (Wildman–Crippen MR) is 79.6 cm³/mol. The molecule has 0 aromatic heterocycles. The second-order valence-corrected chi connectivity index (χ2v) is 6.24. The van der Waals surface area contributed by atoms with E-state index in [-0.39, 0.29) is 30.0 Å². The maximum absolute atomic E-state index is 12.2. The largest absolute Gasteiger partial charge is 0.461 e. The zero-order valence-corrected chi connectivity index (χ0v) is 13.4. The van der Waals surface area contributed by atoms with Gasteiger partial charge < -0.3 is 20.5 Å². The molecule has 1 saturated heterocycles. The fourth-order valence-electron chi connectivity index (χ4n) is 2.34. The van der Waals surface area contributed by atoms with Crippen LogP contribution in [0.2, 0.25) is 0 Å². The van der Waals surface area contributed by atoms with Gasteiger partial charge in [0.15, 0.2) is 0 Å². The lowest BCUT2D eigenvalue weighted by atomic mass is 10.0. The van der Waals surface area contributed by atoms with Gasteiger partial charge in [-0.1, -0.05) is 13.8 Å². The van der Waals surface area contributed by atoms with Gasteiger partial charge in [0.1, 0.15) is 12.1 Å². The monoisotopic (exact) mass is 300 g/mol. The first-order valence-electron chi connectivity index (χ1n) is 7.69. The van der Waals surface area contributed by atoms with Gasteiger partial charge in [0.2, 0.25) is 5.91 Å². The zero-order chi connectivity index (χ0) is 16.0. The first-order valence-corrected chi connectivity index (χ1v) is 7.69. The van der Waals surface area contributed by atoms with Crippen LogP contribution in [0.5, 0.6) is 0 Å². The fraction of sp³-hybridized carbons (Fsp3) is 0.867. The minimum absolute atomic E-state index is 0.0630. The highest BCUT2D eigenvalue weighted by molar-refractivity contribution is 5.87. The minimum Gasteiger partial charge on any atom is -0.461 e. The first kappa shape index (κ1) is 17.9. The molecular weight excluding hydrogens is 272 g/mol. The molecule has 0 aromatic carbocycles. The van der Waals surface area contributed by atoms with Crippen molar-refractivity contribution < 1.29 is 19.1 Å². The van der Waals surface area contributed by atoms with Crippen molar-refractivity contribution in [2.24, 2.45) is 11.7 Å². The number of rotatable bonds is 7. The predicted octanol–water partition coefficient (Wildman–Crippen LogP) is 0.975. The Morgan fingerprint density at radius 3 is 2.43 bits per heavy atom. The number of hydrogen-bond acceptors (Lipinski definition) is 5. The molecule has 1 aliphatic rings. The van der Waals surface area contributed by atoms with E-state index in [4.69, 9.17) is 15.2 Å². The highest BCUT2D eigenvalue weighted by Crippen LogP contribution is 2.19. The van der Waals surface area contributed by atoms with E-state index >= 15 is 0 Å². The van der Waals surface area contributed by atoms with Gasteiger partial charge in [0, 0.05) is 6.54 Å². The molecule has 6 nitrogen and oxygen atoms in total. The summed E-state index contributed by atoms with van der Waals surface area (Å²) in [4.78, 5) is 24.3. The van der Waals surface area contributed by atoms with Crippen LogP contribution in [0, 0.1) is 5.92 Å². The summed E-state index contributed by atoms with van der Waals surface area (Å²) >= 11 is 0. The van der Waals surface area contributed by atoms with Crippen molar-refractivity contribution in [2.45, 2.75) is 71.3 Å². The Morgan fingerprint density at radius 2 is 1.95 bits per heavy atom. The molecule has 6 heteroatoms. The van der Waals surface area contributed by atoms with Crippen molar-refractivity contribution in [2.75, 3.05) is 6.54 Å². The van der Waals surface area contributed by atoms with Crippen LogP contribution < -0.4 is 11.1 Å². The van der Waals surface area contributed by atoms with Gasteiger partial charge in [-0.3, -0.25) is 4.79 Å². The van der Waals surface area contributed by atoms with Gasteiger partial charge in [-0.2, -0.15) is 0 Å². The maximum Gasteiger partial charge on any atom is 0.328 e. The number of esters is 1. The summed E-state index contributed by atoms with van der Waals surface area (Å²) in [6.45, 7) is 7.99. The standard InChI is InChI=1S/C15H28N2O4/c1-9(2)7-12(15(19)20-10(3)4)17-14(18)13-6-5-11(8-16)21-13/h9-13H,5-8,16H2,1-4H3,(H,17,18)/t11-,12+,13+/m1/s1. The quantitative estimate of drug-likeness (QED) is 0.684. The number of nitrogens with one attached hydrogen (secondary N) is 1. The molecule has 0 bridgehead atoms. The van der Waals surface area contributed by atoms with Gasteiger partial charge >= 0.3 is 5.97 Å². The Morgan fingerprint density at radius 1 is 1.29 bits per heavy atom. The highest BCUT2D eigenvalue weighted by atomic mass is 16.5. The Labute approximate surface area is 126 Å². The summed E-state index contributed by atoms with van der Waals surface area (Å²) < 4.78 is 10.8. The molecule has 1 heterocycles. The third-order valence-electron chi connectivity index (χ3n) is 3.32. The van der Waals surface area contributed by atoms with Crippen LogP contribution in [0.4, 0.5) is 0 Å². The molecule has 3 atom stereocenters. The van der Waals surface area contributed by atoms with Crippen LogP contribution in [0.25, 0.3) is 0 Å². The van der Waals surface area contributed by atoms with E-state index in [1.54, 1.807) is 13.8 Å². The summed E-state index contributed by atoms with van der Waals surface area (Å²) in [5, 5.41) is 2.76. The number of carbonyl (C=O) groups is 2. The second-order valence-electron chi connectivity index (χ2n) is 6.24. The van der Waals surface area contributed by atoms with Crippen molar-refractivity contribution in [3.63, 3.8) is 0 Å². The van der Waals surface area contributed by atoms with Crippen molar-refractivity contribution >= 4 is 11.9 Å². The fourth-order valence-corrected chi connectivity index (χ4v) is 2.34. The topological polar surface area (TPSA) is 90.7 Å². The van der Waals surface area contributed by atoms with Crippen molar-refractivity contribution in [1.29, 1.82) is 0 Å². The lowest BCUT2D eigenvalue weighted by Crippen LogP contribution is -2.47. The summed E-state index contributed by atoms with van der Waals surface area (Å²) in [5.41, 5.74) is 5.54. The number of hydrogen-bond donors (Lipinski definition) is 2. The molecule has 1 amide bonds. The van der Waals surface area contributed by atoms with Gasteiger partial charge in [-0.25, -0.2) is 4.79 Å². The SMILES string of the molecule is CC(C)C[C@H](NC(=O)[C@@H]1CC[C@H](CN)O1)C(=O)OC(C)C. The van der Waals surface area contributed by atoms with E-state index in [0.717, 1.165) is 6.42 Å². The van der Waals surface area contributed by atoms with Crippen LogP contribution in [0.15, 0.2) is 0 Å². The van der Waals surface area contributed by atoms with Crippen molar-refractivity contribution in [3.8, 4) is 0 Å². The third kappa shape index (κ3) is 6.01. The van der Waals surface area contributed by atoms with Gasteiger partial charge in [-0.15, -0.1) is 0 Å². The number of ether oxygens (including phenoxy) is 2. The van der Waals surface area contributed by atoms with Gasteiger partial charge in [0.25, 0.3) is 0 Å². The van der Waals surface area contributed by atoms with Crippen LogP contribution in [-0.2, 0) is 19.1 Å². The molecule has 122 valence electrons. The number of amides is 1. The summed E-state index contributed by atoms with van der Waals surface area (Å²) in [6.07, 6.45) is 1.19. The van der Waals surface area contributed by atoms with Crippen LogP contribution in [-0.4, -0.2) is 42.8 Å². The first-order chi connectivity index (χ1) is 9.83. The minimum atomic E-state index is -0.625. The molecule has 0 unspecified atom stereocenters. The summed E-state index contributed by atoms with van der Waals surface area (Å²) in [7, 11) is 0. The molecule has 0 spiro atoms. The average molecular weight is 300 g/mol. The maximum atomic E-state index is 12.2. The summed E-state index contributed by atoms with van der Waals surface area (Å²) in [5.74, 6) is -0.367. The molecule has 0 aromatic rings. The average Bonchev–Trinajstić information content (AvgIpc) is 2.85. The molecule has 1 fully saturated rings. The molecule has 0 aliphatic carbocycles. The lowest BCUT2D eigenvalue weighted by Gasteiger charge is -2.22. The molecule has 0 radical (unpaired) electrons. The normalized spacial score (nSPS) is 23.4. The number of nitrogens with two attached hydrogens (primary N) is 1. The van der Waals surface area contributed by atoms with Crippen LogP contribution in [0.1, 0.15) is 47.0 Å². The molecule has 0 saturated carbocycles. The molecule has 1 aliphatic heterocycles. The molecule has 1 rings (SSSR count). The van der Waals surface area contributed by atoms with Gasteiger partial charge in [-0.05, 0) is 39.0 Å². The Kier molecular flexibility index (Phi) is 7.11. The van der Waals surface area contributed by atoms with E-state index < -0.39 is 12.1 Å². The van der Waals surface area contributed by atoms with Crippen LogP contribution in [0.3, 0.4) is 0 Å². The zero-order valence-electron chi connectivity index (χ0n) is 13.4. The van der Waals surface area contributed by atoms with E-state index in [9.17, 15) is 9.59 Å². The molecule has 21 heavy (non-hydrogen) atoms. The van der Waals surface area contributed by atoms with E-state index in [0.29, 0.717) is 19.4 Å². The van der Waals surface area contributed by atoms with Crippen molar-refractivity contribution in [1.82, 2.24) is 5.32 Å². The van der Waals surface area contributed by atoms with E-state index in [2.05, 4.69) is 5.32 Å². The Bertz CT molecular complexity index is 358. The van der Waals surface area contributed by atoms with E-state index in [1.807, 2.05) is 13.8 Å². The second kappa shape index (κ2) is 8.34. The summed E-state index contributed by atoms with van der Waals surface area (Å²) in [6, 6.07) is -0.625.